The highest BCUT2D eigenvalue weighted by Gasteiger charge is 2.19. The van der Waals surface area contributed by atoms with E-state index in [-0.39, 0.29) is 6.54 Å². The van der Waals surface area contributed by atoms with E-state index in [1.165, 1.54) is 0 Å². The molecule has 1 saturated heterocycles. The molecule has 8 heteroatoms. The second-order valence-electron chi connectivity index (χ2n) is 7.49. The Balaban J connectivity index is 1.58. The molecule has 0 bridgehead atoms. The number of aromatic nitrogens is 4. The van der Waals surface area contributed by atoms with Gasteiger partial charge in [0.15, 0.2) is 0 Å². The van der Waals surface area contributed by atoms with Gasteiger partial charge in [-0.05, 0) is 24.3 Å². The SMILES string of the molecule is O=C(O)Cn1c(Cn2c(CN3CCOCC3)nc3ccccc32)nc2ccccc21. The summed E-state index contributed by atoms with van der Waals surface area (Å²) in [5.41, 5.74) is 3.58. The van der Waals surface area contributed by atoms with Crippen LogP contribution in [-0.2, 0) is 29.2 Å². The monoisotopic (exact) mass is 405 g/mol. The van der Waals surface area contributed by atoms with Crippen LogP contribution in [-0.4, -0.2) is 61.4 Å². The van der Waals surface area contributed by atoms with Crippen LogP contribution in [0, 0.1) is 0 Å². The zero-order valence-corrected chi connectivity index (χ0v) is 16.6. The molecule has 8 nitrogen and oxygen atoms in total. The molecule has 1 N–H and O–H groups in total. The van der Waals surface area contributed by atoms with Crippen molar-refractivity contribution in [3.63, 3.8) is 0 Å². The Labute approximate surface area is 173 Å². The summed E-state index contributed by atoms with van der Waals surface area (Å²) in [5.74, 6) is 0.778. The van der Waals surface area contributed by atoms with Crippen molar-refractivity contribution in [3.05, 3.63) is 60.2 Å². The predicted molar refractivity (Wildman–Crippen MR) is 112 cm³/mol. The lowest BCUT2D eigenvalue weighted by molar-refractivity contribution is -0.137. The maximum Gasteiger partial charge on any atom is 0.323 e. The number of nitrogens with zero attached hydrogens (tertiary/aromatic N) is 5. The Kier molecular flexibility index (Phi) is 4.94. The first-order chi connectivity index (χ1) is 14.7. The molecule has 5 rings (SSSR count). The Morgan fingerprint density at radius 2 is 1.43 bits per heavy atom. The zero-order chi connectivity index (χ0) is 20.5. The highest BCUT2D eigenvalue weighted by atomic mass is 16.5. The summed E-state index contributed by atoms with van der Waals surface area (Å²) in [4.78, 5) is 23.5. The summed E-state index contributed by atoms with van der Waals surface area (Å²) in [6.45, 7) is 4.27. The van der Waals surface area contributed by atoms with Gasteiger partial charge in [0, 0.05) is 13.1 Å². The van der Waals surface area contributed by atoms with Crippen LogP contribution in [0.25, 0.3) is 22.1 Å². The lowest BCUT2D eigenvalue weighted by atomic mass is 10.3. The zero-order valence-electron chi connectivity index (χ0n) is 16.6. The molecule has 0 unspecified atom stereocenters. The number of morpholine rings is 1. The van der Waals surface area contributed by atoms with Gasteiger partial charge in [-0.15, -0.1) is 0 Å². The molecule has 0 radical (unpaired) electrons. The van der Waals surface area contributed by atoms with Gasteiger partial charge in [-0.1, -0.05) is 24.3 Å². The van der Waals surface area contributed by atoms with Crippen LogP contribution in [0.15, 0.2) is 48.5 Å². The van der Waals surface area contributed by atoms with Gasteiger partial charge < -0.3 is 19.0 Å². The number of para-hydroxylation sites is 4. The van der Waals surface area contributed by atoms with Crippen molar-refractivity contribution < 1.29 is 14.6 Å². The maximum absolute atomic E-state index is 11.5. The molecule has 0 aliphatic carbocycles. The topological polar surface area (TPSA) is 85.4 Å². The van der Waals surface area contributed by atoms with Crippen LogP contribution in [0.3, 0.4) is 0 Å². The number of carbonyl (C=O) groups is 1. The molecule has 2 aromatic carbocycles. The van der Waals surface area contributed by atoms with Crippen molar-refractivity contribution in [3.8, 4) is 0 Å². The minimum Gasteiger partial charge on any atom is -0.480 e. The molecule has 4 aromatic rings. The molecule has 2 aromatic heterocycles. The summed E-state index contributed by atoms with van der Waals surface area (Å²) in [6.07, 6.45) is 0. The number of hydrogen-bond donors (Lipinski definition) is 1. The van der Waals surface area contributed by atoms with Crippen LogP contribution < -0.4 is 0 Å². The largest absolute Gasteiger partial charge is 0.480 e. The lowest BCUT2D eigenvalue weighted by Gasteiger charge is -2.26. The van der Waals surface area contributed by atoms with Crippen molar-refractivity contribution in [1.29, 1.82) is 0 Å². The van der Waals surface area contributed by atoms with Gasteiger partial charge >= 0.3 is 5.97 Å². The third kappa shape index (κ3) is 3.55. The van der Waals surface area contributed by atoms with Crippen LogP contribution in [0.4, 0.5) is 0 Å². The summed E-state index contributed by atoms with van der Waals surface area (Å²) >= 11 is 0. The van der Waals surface area contributed by atoms with Crippen molar-refractivity contribution >= 4 is 28.0 Å². The highest BCUT2D eigenvalue weighted by molar-refractivity contribution is 5.79. The first-order valence-corrected chi connectivity index (χ1v) is 10.1. The van der Waals surface area contributed by atoms with Gasteiger partial charge in [0.2, 0.25) is 0 Å². The fourth-order valence-electron chi connectivity index (χ4n) is 4.08. The fourth-order valence-corrected chi connectivity index (χ4v) is 4.08. The van der Waals surface area contributed by atoms with E-state index in [1.807, 2.05) is 42.5 Å². The van der Waals surface area contributed by atoms with Gasteiger partial charge in [-0.2, -0.15) is 0 Å². The number of carboxylic acid groups (broad SMARTS) is 1. The molecule has 0 spiro atoms. The van der Waals surface area contributed by atoms with Crippen molar-refractivity contribution in [2.75, 3.05) is 26.3 Å². The standard InChI is InChI=1S/C22H23N5O3/c28-22(29)15-27-19-8-4-2-6-17(19)24-21(27)14-26-18-7-3-1-5-16(18)23-20(26)13-25-9-11-30-12-10-25/h1-8H,9-15H2,(H,28,29). The van der Waals surface area contributed by atoms with E-state index in [2.05, 4.69) is 15.5 Å². The second kappa shape index (κ2) is 7.89. The number of benzene rings is 2. The molecule has 154 valence electrons. The van der Waals surface area contributed by atoms with Gasteiger partial charge in [-0.25, -0.2) is 9.97 Å². The smallest absolute Gasteiger partial charge is 0.323 e. The summed E-state index contributed by atoms with van der Waals surface area (Å²) in [7, 11) is 0. The van der Waals surface area contributed by atoms with Crippen molar-refractivity contribution in [2.24, 2.45) is 0 Å². The average molecular weight is 405 g/mol. The van der Waals surface area contributed by atoms with E-state index in [4.69, 9.17) is 14.7 Å². The van der Waals surface area contributed by atoms with Gasteiger partial charge in [0.25, 0.3) is 0 Å². The fraction of sp³-hybridized carbons (Fsp3) is 0.318. The Bertz CT molecular complexity index is 1210. The van der Waals surface area contributed by atoms with E-state index in [1.54, 1.807) is 4.57 Å². The maximum atomic E-state index is 11.5. The molecule has 3 heterocycles. The minimum atomic E-state index is -0.886. The highest BCUT2D eigenvalue weighted by Crippen LogP contribution is 2.22. The normalized spacial score (nSPS) is 15.2. The molecular formula is C22H23N5O3. The second-order valence-corrected chi connectivity index (χ2v) is 7.49. The summed E-state index contributed by atoms with van der Waals surface area (Å²) in [6, 6.07) is 15.7. The molecule has 1 aliphatic rings. The molecule has 0 atom stereocenters. The Hall–Kier alpha value is -3.23. The lowest BCUT2D eigenvalue weighted by Crippen LogP contribution is -2.36. The minimum absolute atomic E-state index is 0.124. The summed E-state index contributed by atoms with van der Waals surface area (Å²) < 4.78 is 9.41. The molecular weight excluding hydrogens is 382 g/mol. The van der Waals surface area contributed by atoms with E-state index >= 15 is 0 Å². The van der Waals surface area contributed by atoms with Crippen LogP contribution >= 0.6 is 0 Å². The third-order valence-electron chi connectivity index (χ3n) is 5.53. The van der Waals surface area contributed by atoms with Crippen LogP contribution in [0.2, 0.25) is 0 Å². The molecule has 30 heavy (non-hydrogen) atoms. The van der Waals surface area contributed by atoms with Gasteiger partial charge in [-0.3, -0.25) is 9.69 Å². The quantitative estimate of drug-likeness (QED) is 0.530. The Morgan fingerprint density at radius 3 is 2.07 bits per heavy atom. The van der Waals surface area contributed by atoms with Gasteiger partial charge in [0.1, 0.15) is 18.2 Å². The van der Waals surface area contributed by atoms with E-state index < -0.39 is 5.97 Å². The van der Waals surface area contributed by atoms with Crippen molar-refractivity contribution in [2.45, 2.75) is 19.6 Å². The first kappa shape index (κ1) is 18.8. The number of fused-ring (bicyclic) bond motifs is 2. The number of carboxylic acids is 1. The first-order valence-electron chi connectivity index (χ1n) is 10.1. The number of aliphatic carboxylic acids is 1. The predicted octanol–water partition coefficient (Wildman–Crippen LogP) is 2.35. The number of imidazole rings is 2. The molecule has 1 aliphatic heterocycles. The molecule has 0 amide bonds. The number of ether oxygens (including phenoxy) is 1. The Morgan fingerprint density at radius 1 is 0.867 bits per heavy atom. The summed E-state index contributed by atoms with van der Waals surface area (Å²) in [5, 5.41) is 9.45. The average Bonchev–Trinajstić information content (AvgIpc) is 3.27. The van der Waals surface area contributed by atoms with E-state index in [0.717, 1.165) is 60.7 Å². The number of hydrogen-bond acceptors (Lipinski definition) is 5. The van der Waals surface area contributed by atoms with Gasteiger partial charge in [0.05, 0.1) is 48.4 Å². The molecule has 0 saturated carbocycles. The van der Waals surface area contributed by atoms with Crippen LogP contribution in [0.5, 0.6) is 0 Å². The molecule has 1 fully saturated rings. The van der Waals surface area contributed by atoms with Crippen molar-refractivity contribution in [1.82, 2.24) is 24.0 Å². The number of rotatable bonds is 6. The third-order valence-corrected chi connectivity index (χ3v) is 5.53. The van der Waals surface area contributed by atoms with E-state index in [9.17, 15) is 9.90 Å². The van der Waals surface area contributed by atoms with Crippen LogP contribution in [0.1, 0.15) is 11.6 Å². The van der Waals surface area contributed by atoms with E-state index in [0.29, 0.717) is 12.4 Å².